The minimum atomic E-state index is -0.570. The number of ether oxygens (including phenoxy) is 1. The lowest BCUT2D eigenvalue weighted by Crippen LogP contribution is -2.33. The maximum atomic E-state index is 11.3. The summed E-state index contributed by atoms with van der Waals surface area (Å²) in [4.78, 5) is 15.3. The first-order valence-corrected chi connectivity index (χ1v) is 5.71. The maximum Gasteiger partial charge on any atom is 0.414 e. The third kappa shape index (κ3) is 3.53. The molecule has 6 heteroatoms. The van der Waals surface area contributed by atoms with E-state index in [4.69, 9.17) is 11.2 Å². The van der Waals surface area contributed by atoms with Crippen LogP contribution in [0, 0.1) is 19.3 Å². The van der Waals surface area contributed by atoms with Crippen molar-refractivity contribution in [3.05, 3.63) is 9.61 Å². The van der Waals surface area contributed by atoms with Gasteiger partial charge >= 0.3 is 6.09 Å². The van der Waals surface area contributed by atoms with Crippen LogP contribution in [-0.4, -0.2) is 17.1 Å². The lowest BCUT2D eigenvalue weighted by Gasteiger charge is -2.06. The molecule has 1 N–H and O–H groups in total. The van der Waals surface area contributed by atoms with Crippen molar-refractivity contribution >= 4 is 33.4 Å². The Morgan fingerprint density at radius 3 is 2.93 bits per heavy atom. The summed E-state index contributed by atoms with van der Waals surface area (Å²) in [5, 5.41) is 2.94. The molecule has 1 rings (SSSR count). The SMILES string of the molecule is C#CC(C)NC(=O)Oc1sc(Br)nc1C. The topological polar surface area (TPSA) is 51.2 Å². The molecule has 0 aliphatic heterocycles. The summed E-state index contributed by atoms with van der Waals surface area (Å²) in [6.45, 7) is 3.45. The first-order chi connectivity index (χ1) is 7.02. The number of terminal acetylenes is 1. The fourth-order valence-corrected chi connectivity index (χ4v) is 2.13. The number of thiazole rings is 1. The van der Waals surface area contributed by atoms with Gasteiger partial charge in [-0.15, -0.1) is 6.42 Å². The highest BCUT2D eigenvalue weighted by Gasteiger charge is 2.12. The molecular formula is C9H9BrN2O2S. The maximum absolute atomic E-state index is 11.3. The Kier molecular flexibility index (Phi) is 4.12. The van der Waals surface area contributed by atoms with E-state index in [1.165, 1.54) is 11.3 Å². The molecule has 0 saturated carbocycles. The Hall–Kier alpha value is -1.06. The molecule has 0 saturated heterocycles. The normalized spacial score (nSPS) is 11.6. The van der Waals surface area contributed by atoms with E-state index in [0.29, 0.717) is 14.7 Å². The van der Waals surface area contributed by atoms with Gasteiger partial charge in [0.1, 0.15) is 0 Å². The van der Waals surface area contributed by atoms with Gasteiger partial charge in [-0.3, -0.25) is 0 Å². The van der Waals surface area contributed by atoms with E-state index >= 15 is 0 Å². The number of amides is 1. The molecule has 80 valence electrons. The number of hydrogen-bond donors (Lipinski definition) is 1. The Bertz CT molecular complexity index is 411. The number of carbonyl (C=O) groups is 1. The van der Waals surface area contributed by atoms with E-state index in [0.717, 1.165) is 0 Å². The number of aromatic nitrogens is 1. The molecule has 0 fully saturated rings. The summed E-state index contributed by atoms with van der Waals surface area (Å²) < 4.78 is 5.69. The first-order valence-electron chi connectivity index (χ1n) is 4.10. The largest absolute Gasteiger partial charge is 0.414 e. The highest BCUT2D eigenvalue weighted by atomic mass is 79.9. The van der Waals surface area contributed by atoms with Crippen LogP contribution >= 0.6 is 27.3 Å². The molecule has 0 aliphatic carbocycles. The number of carbonyl (C=O) groups excluding carboxylic acids is 1. The van der Waals surface area contributed by atoms with Gasteiger partial charge in [-0.1, -0.05) is 17.3 Å². The van der Waals surface area contributed by atoms with Gasteiger partial charge in [0.05, 0.1) is 11.7 Å². The Morgan fingerprint density at radius 1 is 1.80 bits per heavy atom. The van der Waals surface area contributed by atoms with Crippen LogP contribution in [0.4, 0.5) is 4.79 Å². The molecule has 1 aromatic rings. The van der Waals surface area contributed by atoms with Gasteiger partial charge in [0.2, 0.25) is 5.06 Å². The van der Waals surface area contributed by atoms with Crippen molar-refractivity contribution in [2.75, 3.05) is 0 Å². The number of nitrogens with one attached hydrogen (secondary N) is 1. The van der Waals surface area contributed by atoms with Crippen molar-refractivity contribution in [3.8, 4) is 17.4 Å². The fraction of sp³-hybridized carbons (Fsp3) is 0.333. The van der Waals surface area contributed by atoms with E-state index in [1.807, 2.05) is 0 Å². The summed E-state index contributed by atoms with van der Waals surface area (Å²) in [6.07, 6.45) is 4.54. The predicted molar refractivity (Wildman–Crippen MR) is 62.0 cm³/mol. The molecule has 1 atom stereocenters. The number of rotatable bonds is 2. The molecule has 1 amide bonds. The smallest absolute Gasteiger partial charge is 0.397 e. The molecule has 0 aromatic carbocycles. The van der Waals surface area contributed by atoms with Gasteiger partial charge in [0.25, 0.3) is 0 Å². The van der Waals surface area contributed by atoms with Crippen LogP contribution in [0.25, 0.3) is 0 Å². The zero-order chi connectivity index (χ0) is 11.4. The van der Waals surface area contributed by atoms with Crippen molar-refractivity contribution in [1.29, 1.82) is 0 Å². The second kappa shape index (κ2) is 5.14. The molecule has 1 aromatic heterocycles. The van der Waals surface area contributed by atoms with E-state index < -0.39 is 6.09 Å². The van der Waals surface area contributed by atoms with E-state index in [1.54, 1.807) is 13.8 Å². The minimum absolute atomic E-state index is 0.353. The van der Waals surface area contributed by atoms with Gasteiger partial charge in [-0.2, -0.15) is 0 Å². The average molecular weight is 289 g/mol. The molecule has 0 aliphatic rings. The molecular weight excluding hydrogens is 280 g/mol. The van der Waals surface area contributed by atoms with Crippen molar-refractivity contribution in [1.82, 2.24) is 10.3 Å². The summed E-state index contributed by atoms with van der Waals surface area (Å²) >= 11 is 4.45. The lowest BCUT2D eigenvalue weighted by atomic mass is 10.4. The monoisotopic (exact) mass is 288 g/mol. The van der Waals surface area contributed by atoms with Crippen LogP contribution in [0.1, 0.15) is 12.6 Å². The highest BCUT2D eigenvalue weighted by molar-refractivity contribution is 9.11. The molecule has 1 heterocycles. The van der Waals surface area contributed by atoms with Crippen LogP contribution in [-0.2, 0) is 0 Å². The molecule has 0 radical (unpaired) electrons. The zero-order valence-electron chi connectivity index (χ0n) is 8.20. The second-order valence-electron chi connectivity index (χ2n) is 2.76. The molecule has 0 spiro atoms. The molecule has 1 unspecified atom stereocenters. The van der Waals surface area contributed by atoms with Crippen molar-refractivity contribution in [2.45, 2.75) is 19.9 Å². The van der Waals surface area contributed by atoms with Crippen LogP contribution in [0.3, 0.4) is 0 Å². The minimum Gasteiger partial charge on any atom is -0.397 e. The third-order valence-electron chi connectivity index (χ3n) is 1.50. The second-order valence-corrected chi connectivity index (χ2v) is 5.00. The quantitative estimate of drug-likeness (QED) is 0.850. The number of halogens is 1. The van der Waals surface area contributed by atoms with E-state index in [-0.39, 0.29) is 6.04 Å². The van der Waals surface area contributed by atoms with Gasteiger partial charge in [-0.25, -0.2) is 9.78 Å². The lowest BCUT2D eigenvalue weighted by molar-refractivity contribution is 0.200. The number of nitrogens with zero attached hydrogens (tertiary/aromatic N) is 1. The third-order valence-corrected chi connectivity index (χ3v) is 2.98. The Labute approximate surface area is 100 Å². The fourth-order valence-electron chi connectivity index (χ4n) is 0.777. The average Bonchev–Trinajstić information content (AvgIpc) is 2.44. The van der Waals surface area contributed by atoms with E-state index in [9.17, 15) is 4.79 Å². The summed E-state index contributed by atoms with van der Waals surface area (Å²) in [7, 11) is 0. The van der Waals surface area contributed by atoms with Crippen molar-refractivity contribution in [2.24, 2.45) is 0 Å². The van der Waals surface area contributed by atoms with Crippen molar-refractivity contribution in [3.63, 3.8) is 0 Å². The summed E-state index contributed by atoms with van der Waals surface area (Å²) in [6, 6.07) is -0.353. The van der Waals surface area contributed by atoms with Gasteiger partial charge in [0, 0.05) is 0 Å². The van der Waals surface area contributed by atoms with E-state index in [2.05, 4.69) is 32.2 Å². The summed E-state index contributed by atoms with van der Waals surface area (Å²) in [5.74, 6) is 2.37. The molecule has 15 heavy (non-hydrogen) atoms. The van der Waals surface area contributed by atoms with Gasteiger partial charge in [-0.05, 0) is 29.8 Å². The molecule has 4 nitrogen and oxygen atoms in total. The van der Waals surface area contributed by atoms with Gasteiger partial charge < -0.3 is 10.1 Å². The highest BCUT2D eigenvalue weighted by Crippen LogP contribution is 2.30. The van der Waals surface area contributed by atoms with Crippen LogP contribution in [0.15, 0.2) is 3.92 Å². The molecule has 0 bridgehead atoms. The number of aryl methyl sites for hydroxylation is 1. The van der Waals surface area contributed by atoms with Crippen LogP contribution in [0.2, 0.25) is 0 Å². The van der Waals surface area contributed by atoms with Crippen molar-refractivity contribution < 1.29 is 9.53 Å². The predicted octanol–water partition coefficient (Wildman–Crippen LogP) is 2.32. The van der Waals surface area contributed by atoms with Gasteiger partial charge in [0.15, 0.2) is 3.92 Å². The first kappa shape index (κ1) is 12.0. The van der Waals surface area contributed by atoms with Crippen LogP contribution in [0.5, 0.6) is 5.06 Å². The standard InChI is InChI=1S/C9H9BrN2O2S/c1-4-5(2)11-9(13)14-7-6(3)12-8(10)15-7/h1,5H,2-3H3,(H,11,13). The van der Waals surface area contributed by atoms with Crippen LogP contribution < -0.4 is 10.1 Å². The summed E-state index contributed by atoms with van der Waals surface area (Å²) in [5.41, 5.74) is 0.662. The Balaban J connectivity index is 2.59. The number of hydrogen-bond acceptors (Lipinski definition) is 4. The zero-order valence-corrected chi connectivity index (χ0v) is 10.6. The Morgan fingerprint density at radius 2 is 2.47 bits per heavy atom.